The van der Waals surface area contributed by atoms with Crippen molar-refractivity contribution < 1.29 is 27.7 Å². The molecule has 0 saturated carbocycles. The van der Waals surface area contributed by atoms with Crippen LogP contribution in [0.25, 0.3) is 0 Å². The highest BCUT2D eigenvalue weighted by Crippen LogP contribution is 2.41. The number of nitro groups is 1. The summed E-state index contributed by atoms with van der Waals surface area (Å²) in [6.07, 6.45) is -4.86. The number of halogens is 3. The Bertz CT molecular complexity index is 639. The standard InChI is InChI=1S/C10H6F3N3O4/c1-20-15-8-5-2-4(16(18)19)3-6(10(11,12)13)7(5)14-9(8)17/h2-3H,1H3,(H,14,15,17). The van der Waals surface area contributed by atoms with Crippen molar-refractivity contribution >= 4 is 23.0 Å². The minimum absolute atomic E-state index is 0.321. The SMILES string of the molecule is CO/N=C1\C(=O)Nc2c1cc([N+](=O)[O-])cc2C(F)(F)F. The van der Waals surface area contributed by atoms with Gasteiger partial charge in [-0.2, -0.15) is 13.2 Å². The van der Waals surface area contributed by atoms with Crippen molar-refractivity contribution in [2.45, 2.75) is 6.18 Å². The number of nitrogens with one attached hydrogen (secondary N) is 1. The lowest BCUT2D eigenvalue weighted by molar-refractivity contribution is -0.385. The number of anilines is 1. The van der Waals surface area contributed by atoms with Gasteiger partial charge in [-0.1, -0.05) is 5.16 Å². The number of benzene rings is 1. The van der Waals surface area contributed by atoms with Gasteiger partial charge in [0, 0.05) is 17.7 Å². The molecule has 2 rings (SSSR count). The van der Waals surface area contributed by atoms with E-state index < -0.39 is 39.7 Å². The van der Waals surface area contributed by atoms with Crippen LogP contribution in [-0.2, 0) is 15.8 Å². The molecule has 10 heteroatoms. The number of carbonyl (C=O) groups excluding carboxylic acids is 1. The van der Waals surface area contributed by atoms with E-state index in [1.165, 1.54) is 0 Å². The van der Waals surface area contributed by atoms with E-state index in [0.29, 0.717) is 6.07 Å². The minimum Gasteiger partial charge on any atom is -0.398 e. The van der Waals surface area contributed by atoms with Gasteiger partial charge >= 0.3 is 6.18 Å². The number of carbonyl (C=O) groups is 1. The van der Waals surface area contributed by atoms with Gasteiger partial charge in [-0.25, -0.2) is 0 Å². The van der Waals surface area contributed by atoms with Gasteiger partial charge in [0.05, 0.1) is 16.2 Å². The maximum Gasteiger partial charge on any atom is 0.418 e. The third-order valence-electron chi connectivity index (χ3n) is 2.53. The molecule has 0 spiro atoms. The Labute approximate surface area is 109 Å². The van der Waals surface area contributed by atoms with Crippen LogP contribution in [0.5, 0.6) is 0 Å². The first-order chi connectivity index (χ1) is 9.25. The molecule has 106 valence electrons. The van der Waals surface area contributed by atoms with E-state index in [9.17, 15) is 28.1 Å². The molecule has 0 fully saturated rings. The second-order valence-electron chi connectivity index (χ2n) is 3.75. The van der Waals surface area contributed by atoms with Crippen LogP contribution in [0.2, 0.25) is 0 Å². The molecule has 0 aliphatic carbocycles. The molecule has 0 bridgehead atoms. The second kappa shape index (κ2) is 4.47. The second-order valence-corrected chi connectivity index (χ2v) is 3.75. The van der Waals surface area contributed by atoms with Crippen LogP contribution < -0.4 is 5.32 Å². The molecule has 0 saturated heterocycles. The van der Waals surface area contributed by atoms with Crippen LogP contribution in [0, 0.1) is 10.1 Å². The average molecular weight is 289 g/mol. The topological polar surface area (TPSA) is 93.8 Å². The molecule has 1 N–H and O–H groups in total. The van der Waals surface area contributed by atoms with Gasteiger partial charge in [0.15, 0.2) is 5.71 Å². The number of rotatable bonds is 2. The molecule has 0 unspecified atom stereocenters. The first-order valence-corrected chi connectivity index (χ1v) is 5.08. The third kappa shape index (κ3) is 2.15. The highest BCUT2D eigenvalue weighted by molar-refractivity contribution is 6.54. The molecule has 1 aliphatic heterocycles. The number of oxime groups is 1. The summed E-state index contributed by atoms with van der Waals surface area (Å²) in [5.74, 6) is -0.923. The van der Waals surface area contributed by atoms with Crippen molar-refractivity contribution in [1.82, 2.24) is 0 Å². The van der Waals surface area contributed by atoms with E-state index in [1.807, 2.05) is 5.32 Å². The first kappa shape index (κ1) is 13.8. The van der Waals surface area contributed by atoms with Gasteiger partial charge in [-0.05, 0) is 0 Å². The van der Waals surface area contributed by atoms with E-state index in [-0.39, 0.29) is 5.56 Å². The van der Waals surface area contributed by atoms with Gasteiger partial charge in [0.1, 0.15) is 7.11 Å². The third-order valence-corrected chi connectivity index (χ3v) is 2.53. The Morgan fingerprint density at radius 1 is 1.40 bits per heavy atom. The van der Waals surface area contributed by atoms with Gasteiger partial charge in [-0.15, -0.1) is 0 Å². The Hall–Kier alpha value is -2.65. The molecule has 7 nitrogen and oxygen atoms in total. The maximum absolute atomic E-state index is 12.9. The van der Waals surface area contributed by atoms with Crippen LogP contribution in [0.15, 0.2) is 17.3 Å². The lowest BCUT2D eigenvalue weighted by Crippen LogP contribution is -2.15. The minimum atomic E-state index is -4.86. The molecule has 0 radical (unpaired) electrons. The molecule has 20 heavy (non-hydrogen) atoms. The summed E-state index contributed by atoms with van der Waals surface area (Å²) in [5, 5.41) is 16.0. The van der Waals surface area contributed by atoms with Gasteiger partial charge in [-0.3, -0.25) is 14.9 Å². The summed E-state index contributed by atoms with van der Waals surface area (Å²) in [7, 11) is 1.10. The number of alkyl halides is 3. The van der Waals surface area contributed by atoms with E-state index in [0.717, 1.165) is 13.2 Å². The molecular weight excluding hydrogens is 283 g/mol. The van der Waals surface area contributed by atoms with Crippen molar-refractivity contribution in [3.05, 3.63) is 33.4 Å². The molecule has 1 aromatic carbocycles. The van der Waals surface area contributed by atoms with Gasteiger partial charge in [0.25, 0.3) is 11.6 Å². The zero-order valence-corrected chi connectivity index (χ0v) is 9.82. The fraction of sp³-hybridized carbons (Fsp3) is 0.200. The Morgan fingerprint density at radius 3 is 2.55 bits per heavy atom. The number of non-ortho nitro benzene ring substituents is 1. The van der Waals surface area contributed by atoms with Crippen molar-refractivity contribution in [3.8, 4) is 0 Å². The van der Waals surface area contributed by atoms with E-state index >= 15 is 0 Å². The van der Waals surface area contributed by atoms with Crippen LogP contribution in [0.4, 0.5) is 24.5 Å². The highest BCUT2D eigenvalue weighted by Gasteiger charge is 2.41. The molecule has 1 heterocycles. The molecule has 0 atom stereocenters. The van der Waals surface area contributed by atoms with E-state index in [2.05, 4.69) is 9.99 Å². The molecule has 1 aliphatic rings. The Balaban J connectivity index is 2.76. The summed E-state index contributed by atoms with van der Waals surface area (Å²) in [5.41, 5.74) is -3.44. The van der Waals surface area contributed by atoms with Crippen molar-refractivity contribution in [3.63, 3.8) is 0 Å². The maximum atomic E-state index is 12.9. The predicted molar refractivity (Wildman–Crippen MR) is 60.3 cm³/mol. The van der Waals surface area contributed by atoms with Crippen LogP contribution in [0.1, 0.15) is 11.1 Å². The number of hydrogen-bond donors (Lipinski definition) is 1. The van der Waals surface area contributed by atoms with Crippen LogP contribution in [0.3, 0.4) is 0 Å². The summed E-state index contributed by atoms with van der Waals surface area (Å²) in [6.45, 7) is 0. The van der Waals surface area contributed by atoms with Crippen molar-refractivity contribution in [1.29, 1.82) is 0 Å². The number of nitro benzene ring substituents is 1. The zero-order chi connectivity index (χ0) is 15.1. The summed E-state index contributed by atoms with van der Waals surface area (Å²) in [4.78, 5) is 25.6. The summed E-state index contributed by atoms with van der Waals surface area (Å²) < 4.78 is 38.6. The quantitative estimate of drug-likeness (QED) is 0.664. The Kier molecular flexibility index (Phi) is 3.08. The molecule has 1 amide bonds. The normalized spacial score (nSPS) is 16.0. The lowest BCUT2D eigenvalue weighted by Gasteiger charge is -2.10. The fourth-order valence-electron chi connectivity index (χ4n) is 1.75. The molecular formula is C10H6F3N3O4. The smallest absolute Gasteiger partial charge is 0.398 e. The van der Waals surface area contributed by atoms with E-state index in [4.69, 9.17) is 0 Å². The Morgan fingerprint density at radius 2 is 2.05 bits per heavy atom. The number of hydrogen-bond acceptors (Lipinski definition) is 5. The first-order valence-electron chi connectivity index (χ1n) is 5.08. The summed E-state index contributed by atoms with van der Waals surface area (Å²) >= 11 is 0. The van der Waals surface area contributed by atoms with Crippen molar-refractivity contribution in [2.75, 3.05) is 12.4 Å². The predicted octanol–water partition coefficient (Wildman–Crippen LogP) is 1.92. The van der Waals surface area contributed by atoms with Crippen molar-refractivity contribution in [2.24, 2.45) is 5.16 Å². The molecule has 1 aromatic rings. The number of fused-ring (bicyclic) bond motifs is 1. The van der Waals surface area contributed by atoms with Crippen LogP contribution >= 0.6 is 0 Å². The fourth-order valence-corrected chi connectivity index (χ4v) is 1.75. The monoisotopic (exact) mass is 289 g/mol. The highest BCUT2D eigenvalue weighted by atomic mass is 19.4. The summed E-state index contributed by atoms with van der Waals surface area (Å²) in [6, 6.07) is 1.19. The zero-order valence-electron chi connectivity index (χ0n) is 9.82. The number of nitrogens with zero attached hydrogens (tertiary/aromatic N) is 2. The van der Waals surface area contributed by atoms with Gasteiger partial charge in [0.2, 0.25) is 0 Å². The largest absolute Gasteiger partial charge is 0.418 e. The molecule has 0 aromatic heterocycles. The van der Waals surface area contributed by atoms with Crippen LogP contribution in [-0.4, -0.2) is 23.7 Å². The van der Waals surface area contributed by atoms with Gasteiger partial charge < -0.3 is 10.2 Å². The number of amides is 1. The lowest BCUT2D eigenvalue weighted by atomic mass is 10.0. The van der Waals surface area contributed by atoms with E-state index in [1.54, 1.807) is 0 Å². The average Bonchev–Trinajstić information content (AvgIpc) is 2.64.